The van der Waals surface area contributed by atoms with Crippen LogP contribution in [-0.4, -0.2) is 0 Å². The van der Waals surface area contributed by atoms with E-state index >= 15 is 0 Å². The van der Waals surface area contributed by atoms with Crippen molar-refractivity contribution in [2.75, 3.05) is 0 Å². The molecule has 0 bridgehead atoms. The van der Waals surface area contributed by atoms with Gasteiger partial charge in [0.25, 0.3) is 0 Å². The molecule has 0 spiro atoms. The highest BCUT2D eigenvalue weighted by atomic mass is 14.3. The van der Waals surface area contributed by atoms with E-state index in [2.05, 4.69) is 85.0 Å². The lowest BCUT2D eigenvalue weighted by Crippen LogP contribution is -2.25. The van der Waals surface area contributed by atoms with Crippen molar-refractivity contribution in [1.82, 2.24) is 0 Å². The van der Waals surface area contributed by atoms with Gasteiger partial charge in [-0.05, 0) is 17.5 Å². The number of rotatable bonds is 2. The van der Waals surface area contributed by atoms with Crippen LogP contribution >= 0.6 is 0 Å². The summed E-state index contributed by atoms with van der Waals surface area (Å²) in [6.07, 6.45) is 9.88. The molecule has 0 heteroatoms. The predicted molar refractivity (Wildman–Crippen MR) is 76.6 cm³/mol. The van der Waals surface area contributed by atoms with E-state index in [9.17, 15) is 0 Å². The first kappa shape index (κ1) is 11.0. The lowest BCUT2D eigenvalue weighted by Gasteiger charge is -2.32. The van der Waals surface area contributed by atoms with Gasteiger partial charge < -0.3 is 0 Å². The van der Waals surface area contributed by atoms with Crippen molar-refractivity contribution < 1.29 is 0 Å². The van der Waals surface area contributed by atoms with Gasteiger partial charge in [0.05, 0.1) is 0 Å². The van der Waals surface area contributed by atoms with Crippen molar-refractivity contribution in [3.05, 3.63) is 96.1 Å². The fraction of sp³-hybridized carbons (Fsp3) is 0.111. The quantitative estimate of drug-likeness (QED) is 0.715. The molecule has 0 nitrogen and oxygen atoms in total. The van der Waals surface area contributed by atoms with E-state index in [1.54, 1.807) is 0 Å². The van der Waals surface area contributed by atoms with E-state index in [-0.39, 0.29) is 5.41 Å². The van der Waals surface area contributed by atoms with Gasteiger partial charge in [-0.2, -0.15) is 0 Å². The Morgan fingerprint density at radius 2 is 1.22 bits per heavy atom. The lowest BCUT2D eigenvalue weighted by atomic mass is 9.70. The Labute approximate surface area is 108 Å². The molecule has 2 aromatic rings. The van der Waals surface area contributed by atoms with Crippen molar-refractivity contribution in [1.29, 1.82) is 0 Å². The van der Waals surface area contributed by atoms with Gasteiger partial charge in [-0.3, -0.25) is 0 Å². The molecule has 0 fully saturated rings. The van der Waals surface area contributed by atoms with Crippen LogP contribution < -0.4 is 0 Å². The molecule has 2 aromatic carbocycles. The largest absolute Gasteiger partial charge is 0.0830 e. The van der Waals surface area contributed by atoms with E-state index in [0.29, 0.717) is 0 Å². The van der Waals surface area contributed by atoms with Crippen LogP contribution in [0.1, 0.15) is 17.5 Å². The molecular formula is C18H16. The molecule has 0 heterocycles. The zero-order valence-corrected chi connectivity index (χ0v) is 10.3. The number of allylic oxidation sites excluding steroid dienone is 4. The van der Waals surface area contributed by atoms with Crippen LogP contribution in [0.3, 0.4) is 0 Å². The molecule has 0 saturated carbocycles. The van der Waals surface area contributed by atoms with Crippen molar-refractivity contribution in [3.63, 3.8) is 0 Å². The summed E-state index contributed by atoms with van der Waals surface area (Å²) in [5.41, 5.74) is 2.71. The van der Waals surface area contributed by atoms with Gasteiger partial charge in [-0.25, -0.2) is 0 Å². The van der Waals surface area contributed by atoms with Crippen LogP contribution in [0.5, 0.6) is 0 Å². The van der Waals surface area contributed by atoms with E-state index in [1.807, 2.05) is 0 Å². The Kier molecular flexibility index (Phi) is 2.85. The van der Waals surface area contributed by atoms with Crippen LogP contribution in [0.2, 0.25) is 0 Å². The second kappa shape index (κ2) is 4.66. The summed E-state index contributed by atoms with van der Waals surface area (Å²) in [5, 5.41) is 0. The van der Waals surface area contributed by atoms with Crippen LogP contribution in [0, 0.1) is 0 Å². The topological polar surface area (TPSA) is 0 Å². The van der Waals surface area contributed by atoms with Gasteiger partial charge in [0.1, 0.15) is 0 Å². The average Bonchev–Trinajstić information content (AvgIpc) is 2.50. The molecule has 88 valence electrons. The Morgan fingerprint density at radius 3 is 1.67 bits per heavy atom. The molecule has 0 unspecified atom stereocenters. The summed E-state index contributed by atoms with van der Waals surface area (Å²) in [7, 11) is 0. The van der Waals surface area contributed by atoms with E-state index in [4.69, 9.17) is 0 Å². The number of hydrogen-bond acceptors (Lipinski definition) is 0. The molecular weight excluding hydrogens is 216 g/mol. The molecule has 3 rings (SSSR count). The molecule has 18 heavy (non-hydrogen) atoms. The Hall–Kier alpha value is -2.08. The first-order valence-electron chi connectivity index (χ1n) is 6.37. The van der Waals surface area contributed by atoms with E-state index < -0.39 is 0 Å². The third kappa shape index (κ3) is 1.80. The highest BCUT2D eigenvalue weighted by Gasteiger charge is 2.30. The summed E-state index contributed by atoms with van der Waals surface area (Å²) < 4.78 is 0. The molecule has 1 aliphatic carbocycles. The van der Waals surface area contributed by atoms with Gasteiger partial charge in [-0.1, -0.05) is 85.0 Å². The molecule has 1 aliphatic rings. The smallest absolute Gasteiger partial charge is 0.0419 e. The van der Waals surface area contributed by atoms with Gasteiger partial charge in [0.15, 0.2) is 0 Å². The highest BCUT2D eigenvalue weighted by Crippen LogP contribution is 2.39. The van der Waals surface area contributed by atoms with E-state index in [1.165, 1.54) is 11.1 Å². The summed E-state index contributed by atoms with van der Waals surface area (Å²) in [5.74, 6) is 0. The molecule has 0 aliphatic heterocycles. The maximum atomic E-state index is 2.32. The van der Waals surface area contributed by atoms with Crippen LogP contribution in [-0.2, 0) is 5.41 Å². The van der Waals surface area contributed by atoms with Gasteiger partial charge in [0, 0.05) is 5.41 Å². The van der Waals surface area contributed by atoms with Crippen LogP contribution in [0.4, 0.5) is 0 Å². The molecule has 0 radical (unpaired) electrons. The molecule has 0 aromatic heterocycles. The highest BCUT2D eigenvalue weighted by molar-refractivity contribution is 5.47. The van der Waals surface area contributed by atoms with E-state index in [0.717, 1.165) is 6.42 Å². The van der Waals surface area contributed by atoms with Gasteiger partial charge >= 0.3 is 0 Å². The zero-order chi connectivity index (χ0) is 12.3. The first-order valence-corrected chi connectivity index (χ1v) is 6.37. The lowest BCUT2D eigenvalue weighted by molar-refractivity contribution is 0.648. The SMILES string of the molecule is C1=CCC(c2ccccc2)(c2ccccc2)C=C1. The minimum absolute atomic E-state index is 0.00271. The normalized spacial score (nSPS) is 16.7. The van der Waals surface area contributed by atoms with Crippen molar-refractivity contribution in [3.8, 4) is 0 Å². The average molecular weight is 232 g/mol. The third-order valence-corrected chi connectivity index (χ3v) is 3.65. The predicted octanol–water partition coefficient (Wildman–Crippen LogP) is 4.49. The fourth-order valence-electron chi connectivity index (χ4n) is 2.69. The standard InChI is InChI=1S/C18H16/c1-4-10-16(11-5-1)18(14-8-3-9-15-18)17-12-6-2-7-13-17/h1-14H,15H2. The van der Waals surface area contributed by atoms with Gasteiger partial charge in [0.2, 0.25) is 0 Å². The second-order valence-electron chi connectivity index (χ2n) is 4.69. The summed E-state index contributed by atoms with van der Waals surface area (Å²) in [6.45, 7) is 0. The summed E-state index contributed by atoms with van der Waals surface area (Å²) in [4.78, 5) is 0. The minimum atomic E-state index is -0.00271. The fourth-order valence-corrected chi connectivity index (χ4v) is 2.69. The summed E-state index contributed by atoms with van der Waals surface area (Å²) >= 11 is 0. The molecule has 0 saturated heterocycles. The van der Waals surface area contributed by atoms with Crippen LogP contribution in [0.25, 0.3) is 0 Å². The molecule has 0 N–H and O–H groups in total. The zero-order valence-electron chi connectivity index (χ0n) is 10.3. The summed E-state index contributed by atoms with van der Waals surface area (Å²) in [6, 6.07) is 21.5. The Bertz CT molecular complexity index is 522. The van der Waals surface area contributed by atoms with Crippen molar-refractivity contribution >= 4 is 0 Å². The van der Waals surface area contributed by atoms with Gasteiger partial charge in [-0.15, -0.1) is 0 Å². The van der Waals surface area contributed by atoms with Crippen LogP contribution in [0.15, 0.2) is 85.0 Å². The maximum Gasteiger partial charge on any atom is 0.0419 e. The van der Waals surface area contributed by atoms with Crippen molar-refractivity contribution in [2.24, 2.45) is 0 Å². The minimum Gasteiger partial charge on any atom is -0.0830 e. The monoisotopic (exact) mass is 232 g/mol. The number of benzene rings is 2. The molecule has 0 atom stereocenters. The Balaban J connectivity index is 2.17. The number of hydrogen-bond donors (Lipinski definition) is 0. The molecule has 0 amide bonds. The first-order chi connectivity index (χ1) is 8.92. The maximum absolute atomic E-state index is 2.32. The van der Waals surface area contributed by atoms with Crippen molar-refractivity contribution in [2.45, 2.75) is 11.8 Å². The Morgan fingerprint density at radius 1 is 0.667 bits per heavy atom. The third-order valence-electron chi connectivity index (χ3n) is 3.65. The second-order valence-corrected chi connectivity index (χ2v) is 4.69.